The molecule has 2 aromatic carbocycles. The number of benzene rings is 2. The van der Waals surface area contributed by atoms with E-state index in [1.165, 1.54) is 4.90 Å². The Morgan fingerprint density at radius 3 is 2.59 bits per heavy atom. The summed E-state index contributed by atoms with van der Waals surface area (Å²) in [5, 5.41) is 10.5. The molecule has 3 aromatic rings. The molecule has 0 aliphatic carbocycles. The standard InChI is InChI=1S/C31H39BrIN3O5/c1-19(39-6)18-40-26-15-24(35(5)21-12-13-36(17-21)30(37)38)22-14-23(33)27(32)29(28(22)34-26)41-25(16-31(2,3)4)20-10-8-7-9-11-20/h7-11,14-15,19,21,25H,12-13,16-18H2,1-6H3,(H,37,38)/t19?,21-,25?/m0/s1. The molecule has 1 fully saturated rings. The van der Waals surface area contributed by atoms with E-state index in [0.29, 0.717) is 36.8 Å². The summed E-state index contributed by atoms with van der Waals surface area (Å²) in [6.45, 7) is 9.86. The van der Waals surface area contributed by atoms with Crippen LogP contribution in [-0.2, 0) is 4.74 Å². The van der Waals surface area contributed by atoms with Gasteiger partial charge in [-0.25, -0.2) is 9.78 Å². The Labute approximate surface area is 264 Å². The van der Waals surface area contributed by atoms with Gasteiger partial charge in [-0.15, -0.1) is 0 Å². The van der Waals surface area contributed by atoms with Crippen molar-refractivity contribution in [2.45, 2.75) is 58.8 Å². The average Bonchev–Trinajstić information content (AvgIpc) is 3.44. The molecule has 41 heavy (non-hydrogen) atoms. The Morgan fingerprint density at radius 1 is 1.27 bits per heavy atom. The highest BCUT2D eigenvalue weighted by atomic mass is 127. The minimum atomic E-state index is -0.891. The van der Waals surface area contributed by atoms with Crippen molar-refractivity contribution >= 4 is 61.2 Å². The van der Waals surface area contributed by atoms with Gasteiger partial charge < -0.3 is 29.1 Å². The third-order valence-electron chi connectivity index (χ3n) is 7.37. The number of rotatable bonds is 10. The average molecular weight is 740 g/mol. The van der Waals surface area contributed by atoms with Crippen LogP contribution >= 0.6 is 38.5 Å². The zero-order valence-corrected chi connectivity index (χ0v) is 28.2. The monoisotopic (exact) mass is 739 g/mol. The van der Waals surface area contributed by atoms with Crippen LogP contribution in [0.4, 0.5) is 10.5 Å². The van der Waals surface area contributed by atoms with Crippen LogP contribution in [0.1, 0.15) is 52.2 Å². The first-order valence-electron chi connectivity index (χ1n) is 13.8. The maximum absolute atomic E-state index is 11.6. The molecule has 0 saturated carbocycles. The van der Waals surface area contributed by atoms with E-state index in [-0.39, 0.29) is 23.7 Å². The number of hydrogen-bond acceptors (Lipinski definition) is 6. The molecule has 8 nitrogen and oxygen atoms in total. The second kappa shape index (κ2) is 13.3. The number of carbonyl (C=O) groups is 1. The van der Waals surface area contributed by atoms with Crippen LogP contribution in [0.2, 0.25) is 0 Å². The van der Waals surface area contributed by atoms with Crippen LogP contribution in [0.5, 0.6) is 11.6 Å². The van der Waals surface area contributed by atoms with Gasteiger partial charge in [0.1, 0.15) is 18.2 Å². The number of methoxy groups -OCH3 is 1. The first-order chi connectivity index (χ1) is 19.4. The lowest BCUT2D eigenvalue weighted by atomic mass is 9.87. The molecule has 2 heterocycles. The number of aromatic nitrogens is 1. The van der Waals surface area contributed by atoms with E-state index in [9.17, 15) is 9.90 Å². The summed E-state index contributed by atoms with van der Waals surface area (Å²) in [5.74, 6) is 1.12. The highest BCUT2D eigenvalue weighted by molar-refractivity contribution is 14.1. The summed E-state index contributed by atoms with van der Waals surface area (Å²) >= 11 is 6.13. The second-order valence-electron chi connectivity index (χ2n) is 11.8. The van der Waals surface area contributed by atoms with Gasteiger partial charge in [-0.2, -0.15) is 0 Å². The maximum atomic E-state index is 11.6. The minimum absolute atomic E-state index is 0.0195. The van der Waals surface area contributed by atoms with Gasteiger partial charge in [-0.1, -0.05) is 51.1 Å². The molecule has 1 N–H and O–H groups in total. The van der Waals surface area contributed by atoms with Crippen molar-refractivity contribution in [2.24, 2.45) is 5.41 Å². The first kappa shape index (κ1) is 31.6. The molecule has 1 saturated heterocycles. The van der Waals surface area contributed by atoms with Gasteiger partial charge in [0.15, 0.2) is 5.75 Å². The fourth-order valence-electron chi connectivity index (χ4n) is 5.00. The van der Waals surface area contributed by atoms with Gasteiger partial charge in [-0.05, 0) is 75.3 Å². The van der Waals surface area contributed by atoms with Crippen LogP contribution in [0, 0.1) is 8.99 Å². The predicted molar refractivity (Wildman–Crippen MR) is 174 cm³/mol. The van der Waals surface area contributed by atoms with E-state index in [1.807, 2.05) is 38.2 Å². The Morgan fingerprint density at radius 2 is 1.98 bits per heavy atom. The zero-order chi connectivity index (χ0) is 29.9. The van der Waals surface area contributed by atoms with Crippen molar-refractivity contribution in [3.63, 3.8) is 0 Å². The molecule has 4 rings (SSSR count). The number of anilines is 1. The number of nitrogens with zero attached hydrogens (tertiary/aromatic N) is 3. The van der Waals surface area contributed by atoms with Gasteiger partial charge in [0.2, 0.25) is 5.88 Å². The van der Waals surface area contributed by atoms with Gasteiger partial charge in [0, 0.05) is 48.3 Å². The number of carboxylic acid groups (broad SMARTS) is 1. The van der Waals surface area contributed by atoms with Crippen LogP contribution in [-0.4, -0.2) is 67.1 Å². The van der Waals surface area contributed by atoms with E-state index in [1.54, 1.807) is 7.11 Å². The van der Waals surface area contributed by atoms with E-state index < -0.39 is 6.09 Å². The Hall–Kier alpha value is -2.31. The number of likely N-dealkylation sites (tertiary alicyclic amines) is 1. The molecule has 0 radical (unpaired) electrons. The van der Waals surface area contributed by atoms with Gasteiger partial charge in [0.25, 0.3) is 0 Å². The number of pyridine rings is 1. The molecule has 10 heteroatoms. The summed E-state index contributed by atoms with van der Waals surface area (Å²) in [5.41, 5.74) is 2.71. The number of halogens is 2. The van der Waals surface area contributed by atoms with Crippen molar-refractivity contribution in [3.05, 3.63) is 56.1 Å². The highest BCUT2D eigenvalue weighted by Gasteiger charge is 2.31. The maximum Gasteiger partial charge on any atom is 0.407 e. The topological polar surface area (TPSA) is 84.4 Å². The van der Waals surface area contributed by atoms with Gasteiger partial charge in [0.05, 0.1) is 16.3 Å². The molecule has 1 amide bonds. The Kier molecular flexibility index (Phi) is 10.3. The Bertz CT molecular complexity index is 1370. The SMILES string of the molecule is COC(C)COc1cc(N(C)[C@H]2CCN(C(=O)O)C2)c2cc(I)c(Br)c(OC(CC(C)(C)C)c3ccccc3)c2n1. The molecule has 1 aliphatic rings. The van der Waals surface area contributed by atoms with Crippen LogP contribution in [0.25, 0.3) is 10.9 Å². The van der Waals surface area contributed by atoms with Crippen molar-refractivity contribution in [1.82, 2.24) is 9.88 Å². The second-order valence-corrected chi connectivity index (χ2v) is 13.8. The van der Waals surface area contributed by atoms with Gasteiger partial charge >= 0.3 is 6.09 Å². The largest absolute Gasteiger partial charge is 0.482 e. The quantitative estimate of drug-likeness (QED) is 0.213. The lowest BCUT2D eigenvalue weighted by Crippen LogP contribution is -2.36. The van der Waals surface area contributed by atoms with Crippen molar-refractivity contribution < 1.29 is 24.1 Å². The molecule has 2 unspecified atom stereocenters. The van der Waals surface area contributed by atoms with Crippen molar-refractivity contribution in [1.29, 1.82) is 0 Å². The fraction of sp³-hybridized carbons (Fsp3) is 0.484. The summed E-state index contributed by atoms with van der Waals surface area (Å²) in [6, 6.07) is 14.3. The van der Waals surface area contributed by atoms with E-state index in [4.69, 9.17) is 19.2 Å². The smallest absolute Gasteiger partial charge is 0.407 e. The number of hydrogen-bond donors (Lipinski definition) is 1. The summed E-state index contributed by atoms with van der Waals surface area (Å²) in [6.07, 6.45) is 0.341. The van der Waals surface area contributed by atoms with Crippen LogP contribution in [0.15, 0.2) is 46.9 Å². The third kappa shape index (κ3) is 7.75. The van der Waals surface area contributed by atoms with Crippen molar-refractivity contribution in [2.75, 3.05) is 38.8 Å². The number of amides is 1. The number of ether oxygens (including phenoxy) is 3. The fourth-order valence-corrected chi connectivity index (χ4v) is 5.95. The van der Waals surface area contributed by atoms with E-state index >= 15 is 0 Å². The third-order valence-corrected chi connectivity index (χ3v) is 9.75. The molecule has 3 atom stereocenters. The molecule has 0 bridgehead atoms. The normalized spacial score (nSPS) is 17.0. The molecule has 1 aliphatic heterocycles. The summed E-state index contributed by atoms with van der Waals surface area (Å²) < 4.78 is 20.3. The molecule has 1 aromatic heterocycles. The molecular weight excluding hydrogens is 701 g/mol. The first-order valence-corrected chi connectivity index (χ1v) is 15.7. The molecular formula is C31H39BrIN3O5. The lowest BCUT2D eigenvalue weighted by molar-refractivity contribution is 0.0700. The number of fused-ring (bicyclic) bond motifs is 1. The summed E-state index contributed by atoms with van der Waals surface area (Å²) in [7, 11) is 3.66. The lowest BCUT2D eigenvalue weighted by Gasteiger charge is -2.30. The minimum Gasteiger partial charge on any atom is -0.482 e. The molecule has 0 spiro atoms. The van der Waals surface area contributed by atoms with E-state index in [0.717, 1.165) is 37.5 Å². The van der Waals surface area contributed by atoms with Gasteiger partial charge in [-0.3, -0.25) is 0 Å². The number of likely N-dealkylation sites (N-methyl/N-ethyl adjacent to an activating group) is 1. The highest BCUT2D eigenvalue weighted by Crippen LogP contribution is 2.45. The molecule has 222 valence electrons. The van der Waals surface area contributed by atoms with E-state index in [2.05, 4.69) is 82.4 Å². The zero-order valence-electron chi connectivity index (χ0n) is 24.5. The van der Waals surface area contributed by atoms with Crippen molar-refractivity contribution in [3.8, 4) is 11.6 Å². The predicted octanol–water partition coefficient (Wildman–Crippen LogP) is 7.76. The van der Waals surface area contributed by atoms with Crippen LogP contribution in [0.3, 0.4) is 0 Å². The summed E-state index contributed by atoms with van der Waals surface area (Å²) in [4.78, 5) is 20.2. The Balaban J connectivity index is 1.85. The van der Waals surface area contributed by atoms with Crippen LogP contribution < -0.4 is 14.4 Å².